The van der Waals surface area contributed by atoms with Gasteiger partial charge in [-0.1, -0.05) is 0 Å². The van der Waals surface area contributed by atoms with Crippen LogP contribution >= 0.6 is 0 Å². The van der Waals surface area contributed by atoms with Crippen molar-refractivity contribution in [1.29, 1.82) is 0 Å². The molecule has 0 saturated carbocycles. The fourth-order valence-electron chi connectivity index (χ4n) is 0.946. The predicted molar refractivity (Wildman–Crippen MR) is 53.3 cm³/mol. The van der Waals surface area contributed by atoms with Crippen molar-refractivity contribution in [3.8, 4) is 0 Å². The first kappa shape index (κ1) is 11.1. The first-order valence-electron chi connectivity index (χ1n) is 4.19. The Morgan fingerprint density at radius 3 is 2.93 bits per heavy atom. The molecule has 0 saturated heterocycles. The summed E-state index contributed by atoms with van der Waals surface area (Å²) < 4.78 is 0. The van der Waals surface area contributed by atoms with E-state index in [1.807, 2.05) is 0 Å². The lowest BCUT2D eigenvalue weighted by atomic mass is 10.4. The average Bonchev–Trinajstić information content (AvgIpc) is 2.13. The second kappa shape index (κ2) is 4.51. The lowest BCUT2D eigenvalue weighted by Gasteiger charge is -2.07. The Bertz CT molecular complexity index is 368. The molecule has 0 aromatic carbocycles. The number of anilines is 2. The minimum absolute atomic E-state index is 0.00778. The van der Waals surface area contributed by atoms with Gasteiger partial charge in [-0.3, -0.25) is 10.1 Å². The number of rotatable bonds is 4. The zero-order chi connectivity index (χ0) is 11.4. The largest absolute Gasteiger partial charge is 0.392 e. The Hall–Kier alpha value is -1.96. The number of aliphatic hydroxyl groups excluding tert-OH is 1. The van der Waals surface area contributed by atoms with Crippen molar-refractivity contribution in [2.45, 2.75) is 13.0 Å². The molecule has 82 valence electrons. The van der Waals surface area contributed by atoms with Crippen LogP contribution in [0.5, 0.6) is 0 Å². The van der Waals surface area contributed by atoms with E-state index in [2.05, 4.69) is 15.3 Å². The monoisotopic (exact) mass is 213 g/mol. The average molecular weight is 213 g/mol. The van der Waals surface area contributed by atoms with Crippen molar-refractivity contribution in [3.63, 3.8) is 0 Å². The summed E-state index contributed by atoms with van der Waals surface area (Å²) >= 11 is 0. The third kappa shape index (κ3) is 2.74. The van der Waals surface area contributed by atoms with E-state index in [0.29, 0.717) is 0 Å². The van der Waals surface area contributed by atoms with Crippen LogP contribution in [-0.4, -0.2) is 32.6 Å². The summed E-state index contributed by atoms with van der Waals surface area (Å²) in [5, 5.41) is 22.2. The summed E-state index contributed by atoms with van der Waals surface area (Å²) in [6, 6.07) is 0. The van der Waals surface area contributed by atoms with E-state index in [1.165, 1.54) is 0 Å². The third-order valence-corrected chi connectivity index (χ3v) is 1.60. The zero-order valence-corrected chi connectivity index (χ0v) is 8.04. The molecule has 8 nitrogen and oxygen atoms in total. The summed E-state index contributed by atoms with van der Waals surface area (Å²) in [4.78, 5) is 17.2. The number of hydrogen-bond acceptors (Lipinski definition) is 7. The van der Waals surface area contributed by atoms with Gasteiger partial charge in [0.1, 0.15) is 6.33 Å². The number of aromatic nitrogens is 2. The number of aliphatic hydroxyl groups is 1. The fourth-order valence-corrected chi connectivity index (χ4v) is 0.946. The summed E-state index contributed by atoms with van der Waals surface area (Å²) in [5.74, 6) is -0.198. The second-order valence-electron chi connectivity index (χ2n) is 2.94. The molecule has 1 aromatic rings. The van der Waals surface area contributed by atoms with Gasteiger partial charge < -0.3 is 16.2 Å². The van der Waals surface area contributed by atoms with Crippen molar-refractivity contribution in [2.24, 2.45) is 0 Å². The van der Waals surface area contributed by atoms with Crippen molar-refractivity contribution < 1.29 is 10.0 Å². The Labute approximate surface area is 85.3 Å². The van der Waals surface area contributed by atoms with E-state index in [-0.39, 0.29) is 23.9 Å². The SMILES string of the molecule is C[C@@H](O)CNc1ncnc(N)c1[N+](=O)[O-]. The van der Waals surface area contributed by atoms with Gasteiger partial charge in [0.05, 0.1) is 11.0 Å². The smallest absolute Gasteiger partial charge is 0.352 e. The maximum Gasteiger partial charge on any atom is 0.352 e. The highest BCUT2D eigenvalue weighted by Crippen LogP contribution is 2.25. The van der Waals surface area contributed by atoms with E-state index < -0.39 is 11.0 Å². The quantitative estimate of drug-likeness (QED) is 0.465. The van der Waals surface area contributed by atoms with Gasteiger partial charge in [-0.15, -0.1) is 0 Å². The fraction of sp³-hybridized carbons (Fsp3) is 0.429. The summed E-state index contributed by atoms with van der Waals surface area (Å²) in [7, 11) is 0. The van der Waals surface area contributed by atoms with Gasteiger partial charge in [0.2, 0.25) is 11.6 Å². The van der Waals surface area contributed by atoms with Crippen LogP contribution in [0.15, 0.2) is 6.33 Å². The van der Waals surface area contributed by atoms with E-state index in [0.717, 1.165) is 6.33 Å². The molecule has 0 aliphatic heterocycles. The number of nitrogen functional groups attached to an aromatic ring is 1. The van der Waals surface area contributed by atoms with Crippen LogP contribution in [0.4, 0.5) is 17.3 Å². The summed E-state index contributed by atoms with van der Waals surface area (Å²) in [6.07, 6.45) is 0.480. The Morgan fingerprint density at radius 2 is 2.40 bits per heavy atom. The summed E-state index contributed by atoms with van der Waals surface area (Å²) in [6.45, 7) is 1.70. The van der Waals surface area contributed by atoms with Gasteiger partial charge in [-0.2, -0.15) is 0 Å². The standard InChI is InChI=1S/C7H11N5O3/c1-4(13)2-9-7-5(12(14)15)6(8)10-3-11-7/h3-4,13H,2H2,1H3,(H3,8,9,10,11)/t4-/m1/s1. The van der Waals surface area contributed by atoms with E-state index in [9.17, 15) is 10.1 Å². The first-order chi connectivity index (χ1) is 7.02. The van der Waals surface area contributed by atoms with Gasteiger partial charge in [-0.05, 0) is 6.92 Å². The Morgan fingerprint density at radius 1 is 1.73 bits per heavy atom. The van der Waals surface area contributed by atoms with Gasteiger partial charge in [0.15, 0.2) is 0 Å². The molecule has 0 radical (unpaired) electrons. The topological polar surface area (TPSA) is 127 Å². The predicted octanol–water partition coefficient (Wildman–Crippen LogP) is -0.240. The van der Waals surface area contributed by atoms with E-state index in [1.54, 1.807) is 6.92 Å². The molecule has 1 aromatic heterocycles. The van der Waals surface area contributed by atoms with Crippen LogP contribution in [0.2, 0.25) is 0 Å². The number of nitrogens with two attached hydrogens (primary N) is 1. The molecule has 0 spiro atoms. The normalized spacial score (nSPS) is 12.1. The zero-order valence-electron chi connectivity index (χ0n) is 8.04. The Balaban J connectivity index is 2.96. The van der Waals surface area contributed by atoms with Crippen LogP contribution in [0.3, 0.4) is 0 Å². The molecule has 0 unspecified atom stereocenters. The van der Waals surface area contributed by atoms with Crippen molar-refractivity contribution in [1.82, 2.24) is 9.97 Å². The molecule has 0 amide bonds. The molecule has 8 heteroatoms. The Kier molecular flexibility index (Phi) is 3.34. The molecular formula is C7H11N5O3. The van der Waals surface area contributed by atoms with Crippen molar-refractivity contribution in [2.75, 3.05) is 17.6 Å². The van der Waals surface area contributed by atoms with E-state index in [4.69, 9.17) is 10.8 Å². The maximum atomic E-state index is 10.6. The molecule has 1 rings (SSSR count). The highest BCUT2D eigenvalue weighted by atomic mass is 16.6. The van der Waals surface area contributed by atoms with Crippen LogP contribution < -0.4 is 11.1 Å². The number of nitrogens with one attached hydrogen (secondary N) is 1. The molecule has 1 heterocycles. The van der Waals surface area contributed by atoms with Crippen molar-refractivity contribution >= 4 is 17.3 Å². The highest BCUT2D eigenvalue weighted by molar-refractivity contribution is 5.67. The van der Waals surface area contributed by atoms with E-state index >= 15 is 0 Å². The summed E-state index contributed by atoms with van der Waals surface area (Å²) in [5.41, 5.74) is 4.96. The van der Waals surface area contributed by atoms with Gasteiger partial charge in [0, 0.05) is 6.54 Å². The number of nitro groups is 1. The highest BCUT2D eigenvalue weighted by Gasteiger charge is 2.20. The number of hydrogen-bond donors (Lipinski definition) is 3. The molecule has 15 heavy (non-hydrogen) atoms. The second-order valence-corrected chi connectivity index (χ2v) is 2.94. The van der Waals surface area contributed by atoms with Gasteiger partial charge in [0.25, 0.3) is 0 Å². The molecule has 0 aliphatic carbocycles. The molecular weight excluding hydrogens is 202 g/mol. The maximum absolute atomic E-state index is 10.6. The molecule has 1 atom stereocenters. The van der Waals surface area contributed by atoms with Crippen LogP contribution in [-0.2, 0) is 0 Å². The minimum atomic E-state index is -0.667. The van der Waals surface area contributed by atoms with Crippen LogP contribution in [0.25, 0.3) is 0 Å². The molecule has 0 fully saturated rings. The van der Waals surface area contributed by atoms with Gasteiger partial charge >= 0.3 is 5.69 Å². The molecule has 0 bridgehead atoms. The lowest BCUT2D eigenvalue weighted by molar-refractivity contribution is -0.383. The molecule has 0 aliphatic rings. The lowest BCUT2D eigenvalue weighted by Crippen LogP contribution is -2.17. The number of nitrogens with zero attached hydrogens (tertiary/aromatic N) is 3. The molecule has 4 N–H and O–H groups in total. The van der Waals surface area contributed by atoms with Crippen LogP contribution in [0, 0.1) is 10.1 Å². The minimum Gasteiger partial charge on any atom is -0.392 e. The van der Waals surface area contributed by atoms with Crippen molar-refractivity contribution in [3.05, 3.63) is 16.4 Å². The first-order valence-corrected chi connectivity index (χ1v) is 4.19. The van der Waals surface area contributed by atoms with Crippen LogP contribution in [0.1, 0.15) is 6.92 Å². The third-order valence-electron chi connectivity index (χ3n) is 1.60. The van der Waals surface area contributed by atoms with Gasteiger partial charge in [-0.25, -0.2) is 9.97 Å².